The lowest BCUT2D eigenvalue weighted by Crippen LogP contribution is -2.09. The molecule has 1 fully saturated rings. The molecule has 142 valence electrons. The normalized spacial score (nSPS) is 16.9. The zero-order chi connectivity index (χ0) is 19.3. The van der Waals surface area contributed by atoms with Gasteiger partial charge in [0.25, 0.3) is 0 Å². The van der Waals surface area contributed by atoms with Crippen molar-refractivity contribution in [1.82, 2.24) is 0 Å². The minimum absolute atomic E-state index is 0.0477. The van der Waals surface area contributed by atoms with Gasteiger partial charge in [0.15, 0.2) is 0 Å². The van der Waals surface area contributed by atoms with Gasteiger partial charge >= 0.3 is 5.97 Å². The van der Waals surface area contributed by atoms with Crippen LogP contribution in [0, 0.1) is 5.92 Å². The fourth-order valence-corrected chi connectivity index (χ4v) is 3.39. The van der Waals surface area contributed by atoms with Crippen LogP contribution < -0.4 is 4.74 Å². The minimum Gasteiger partial charge on any atom is -0.507 e. The Kier molecular flexibility index (Phi) is 6.90. The van der Waals surface area contributed by atoms with Crippen molar-refractivity contribution in [2.75, 3.05) is 14.2 Å². The molecule has 0 saturated heterocycles. The standard InChI is InChI=1S/C22H30O4/c1-14(2)6-11-18-19(25-4)13-17(20(21(18)23)22(24)26-5)12-16-9-7-15(3)8-10-16/h12-13,15,23H,1,6-11H2,2-5H3. The van der Waals surface area contributed by atoms with Crippen LogP contribution in [0.15, 0.2) is 23.8 Å². The SMILES string of the molecule is C=C(C)CCc1c(OC)cc(C=C2CCC(C)CC2)c(C(=O)OC)c1O. The summed E-state index contributed by atoms with van der Waals surface area (Å²) in [7, 11) is 2.91. The summed E-state index contributed by atoms with van der Waals surface area (Å²) in [6.07, 6.45) is 7.62. The predicted molar refractivity (Wildman–Crippen MR) is 105 cm³/mol. The lowest BCUT2D eigenvalue weighted by atomic mass is 9.85. The molecular formula is C22H30O4. The first-order valence-corrected chi connectivity index (χ1v) is 9.22. The van der Waals surface area contributed by atoms with Gasteiger partial charge in [-0.1, -0.05) is 24.1 Å². The maximum atomic E-state index is 12.4. The molecular weight excluding hydrogens is 328 g/mol. The van der Waals surface area contributed by atoms with E-state index in [0.29, 0.717) is 29.7 Å². The highest BCUT2D eigenvalue weighted by Crippen LogP contribution is 2.38. The monoisotopic (exact) mass is 358 g/mol. The van der Waals surface area contributed by atoms with E-state index in [9.17, 15) is 9.90 Å². The van der Waals surface area contributed by atoms with Gasteiger partial charge in [-0.25, -0.2) is 4.79 Å². The number of phenolic OH excluding ortho intramolecular Hbond substituents is 1. The van der Waals surface area contributed by atoms with Gasteiger partial charge in [0.1, 0.15) is 17.1 Å². The number of benzene rings is 1. The van der Waals surface area contributed by atoms with E-state index < -0.39 is 5.97 Å². The molecule has 1 aliphatic rings. The summed E-state index contributed by atoms with van der Waals surface area (Å²) < 4.78 is 10.4. The average molecular weight is 358 g/mol. The van der Waals surface area contributed by atoms with Crippen molar-refractivity contribution in [3.8, 4) is 11.5 Å². The van der Waals surface area contributed by atoms with Gasteiger partial charge in [-0.05, 0) is 63.0 Å². The van der Waals surface area contributed by atoms with E-state index in [0.717, 1.165) is 37.2 Å². The summed E-state index contributed by atoms with van der Waals surface area (Å²) in [5, 5.41) is 10.8. The third kappa shape index (κ3) is 4.69. The molecule has 2 rings (SSSR count). The van der Waals surface area contributed by atoms with Crippen molar-refractivity contribution in [2.24, 2.45) is 5.92 Å². The van der Waals surface area contributed by atoms with Gasteiger partial charge in [0.2, 0.25) is 0 Å². The molecule has 0 aromatic heterocycles. The number of aromatic hydroxyl groups is 1. The van der Waals surface area contributed by atoms with E-state index in [1.807, 2.05) is 19.1 Å². The van der Waals surface area contributed by atoms with Gasteiger partial charge in [0, 0.05) is 5.56 Å². The molecule has 1 aromatic rings. The lowest BCUT2D eigenvalue weighted by Gasteiger charge is -2.21. The fourth-order valence-electron chi connectivity index (χ4n) is 3.39. The minimum atomic E-state index is -0.530. The van der Waals surface area contributed by atoms with Crippen LogP contribution in [0.25, 0.3) is 6.08 Å². The Bertz CT molecular complexity index is 705. The lowest BCUT2D eigenvalue weighted by molar-refractivity contribution is 0.0597. The predicted octanol–water partition coefficient (Wildman–Crippen LogP) is 5.29. The zero-order valence-electron chi connectivity index (χ0n) is 16.4. The quantitative estimate of drug-likeness (QED) is 0.554. The smallest absolute Gasteiger partial charge is 0.342 e. The number of methoxy groups -OCH3 is 2. The summed E-state index contributed by atoms with van der Waals surface area (Å²) in [5.41, 5.74) is 3.80. The molecule has 0 unspecified atom stereocenters. The number of ether oxygens (including phenoxy) is 2. The van der Waals surface area contributed by atoms with Crippen LogP contribution >= 0.6 is 0 Å². The van der Waals surface area contributed by atoms with Crippen molar-refractivity contribution in [3.63, 3.8) is 0 Å². The first-order chi connectivity index (χ1) is 12.4. The van der Waals surface area contributed by atoms with Crippen molar-refractivity contribution >= 4 is 12.0 Å². The number of phenols is 1. The Morgan fingerprint density at radius 2 is 2.00 bits per heavy atom. The number of carbonyl (C=O) groups excluding carboxylic acids is 1. The van der Waals surface area contributed by atoms with Crippen LogP contribution in [0.3, 0.4) is 0 Å². The maximum absolute atomic E-state index is 12.4. The topological polar surface area (TPSA) is 55.8 Å². The molecule has 0 amide bonds. The van der Waals surface area contributed by atoms with Crippen LogP contribution in [0.4, 0.5) is 0 Å². The van der Waals surface area contributed by atoms with E-state index in [-0.39, 0.29) is 11.3 Å². The molecule has 4 nitrogen and oxygen atoms in total. The molecule has 0 atom stereocenters. The number of esters is 1. The van der Waals surface area contributed by atoms with Crippen LogP contribution in [0.5, 0.6) is 11.5 Å². The van der Waals surface area contributed by atoms with E-state index in [1.165, 1.54) is 12.7 Å². The van der Waals surface area contributed by atoms with Gasteiger partial charge in [0.05, 0.1) is 14.2 Å². The highest BCUT2D eigenvalue weighted by Gasteiger charge is 2.24. The van der Waals surface area contributed by atoms with Crippen molar-refractivity contribution in [2.45, 2.75) is 52.4 Å². The van der Waals surface area contributed by atoms with Crippen LogP contribution in [0.1, 0.15) is 67.4 Å². The highest BCUT2D eigenvalue weighted by atomic mass is 16.5. The molecule has 1 N–H and O–H groups in total. The molecule has 0 heterocycles. The van der Waals surface area contributed by atoms with E-state index in [1.54, 1.807) is 7.11 Å². The largest absolute Gasteiger partial charge is 0.507 e. The van der Waals surface area contributed by atoms with Crippen molar-refractivity contribution in [3.05, 3.63) is 40.5 Å². The summed E-state index contributed by atoms with van der Waals surface area (Å²) in [5.74, 6) is 0.748. The maximum Gasteiger partial charge on any atom is 0.342 e. The molecule has 0 bridgehead atoms. The Hall–Kier alpha value is -2.23. The molecule has 26 heavy (non-hydrogen) atoms. The second-order valence-electron chi connectivity index (χ2n) is 7.30. The number of allylic oxidation sites excluding steroid dienone is 2. The third-order valence-corrected chi connectivity index (χ3v) is 5.08. The zero-order valence-corrected chi connectivity index (χ0v) is 16.4. The number of hydrogen-bond donors (Lipinski definition) is 1. The van der Waals surface area contributed by atoms with Gasteiger partial charge in [-0.3, -0.25) is 0 Å². The second-order valence-corrected chi connectivity index (χ2v) is 7.30. The Morgan fingerprint density at radius 3 is 2.54 bits per heavy atom. The highest BCUT2D eigenvalue weighted by molar-refractivity contribution is 5.97. The molecule has 1 saturated carbocycles. The second kappa shape index (κ2) is 8.93. The number of hydrogen-bond acceptors (Lipinski definition) is 4. The Morgan fingerprint density at radius 1 is 1.35 bits per heavy atom. The molecule has 0 spiro atoms. The first-order valence-electron chi connectivity index (χ1n) is 9.22. The van der Waals surface area contributed by atoms with E-state index in [4.69, 9.17) is 9.47 Å². The van der Waals surface area contributed by atoms with Gasteiger partial charge in [-0.15, -0.1) is 6.58 Å². The van der Waals surface area contributed by atoms with Gasteiger partial charge in [-0.2, -0.15) is 0 Å². The van der Waals surface area contributed by atoms with E-state index in [2.05, 4.69) is 13.5 Å². The summed E-state index contributed by atoms with van der Waals surface area (Å²) in [4.78, 5) is 12.4. The molecule has 4 heteroatoms. The van der Waals surface area contributed by atoms with E-state index >= 15 is 0 Å². The number of carbonyl (C=O) groups is 1. The fraction of sp³-hybridized carbons (Fsp3) is 0.500. The Labute approximate surface area is 156 Å². The molecule has 0 aliphatic heterocycles. The van der Waals surface area contributed by atoms with Gasteiger partial charge < -0.3 is 14.6 Å². The summed E-state index contributed by atoms with van der Waals surface area (Å²) >= 11 is 0. The van der Waals surface area contributed by atoms with Crippen LogP contribution in [0.2, 0.25) is 0 Å². The first kappa shape index (κ1) is 20.1. The van der Waals surface area contributed by atoms with Crippen LogP contribution in [-0.4, -0.2) is 25.3 Å². The molecule has 0 radical (unpaired) electrons. The summed E-state index contributed by atoms with van der Waals surface area (Å²) in [6, 6.07) is 1.84. The third-order valence-electron chi connectivity index (χ3n) is 5.08. The van der Waals surface area contributed by atoms with Crippen molar-refractivity contribution in [1.29, 1.82) is 0 Å². The summed E-state index contributed by atoms with van der Waals surface area (Å²) in [6.45, 7) is 8.11. The van der Waals surface area contributed by atoms with Crippen molar-refractivity contribution < 1.29 is 19.4 Å². The Balaban J connectivity index is 2.52. The average Bonchev–Trinajstić information content (AvgIpc) is 2.61. The number of rotatable bonds is 6. The molecule has 1 aliphatic carbocycles. The molecule has 1 aromatic carbocycles. The van der Waals surface area contributed by atoms with Crippen LogP contribution in [-0.2, 0) is 11.2 Å².